The van der Waals surface area contributed by atoms with E-state index in [2.05, 4.69) is 29.2 Å². The zero-order valence-corrected chi connectivity index (χ0v) is 13.0. The summed E-state index contributed by atoms with van der Waals surface area (Å²) in [6, 6.07) is 15.2. The van der Waals surface area contributed by atoms with Crippen LogP contribution in [0.3, 0.4) is 0 Å². The molecular formula is C20H20FNO. The van der Waals surface area contributed by atoms with Crippen molar-refractivity contribution in [3.8, 4) is 0 Å². The highest BCUT2D eigenvalue weighted by Gasteiger charge is 2.39. The number of fused-ring (bicyclic) bond motifs is 1. The number of anilines is 1. The molecule has 118 valence electrons. The molecule has 0 spiro atoms. The Morgan fingerprint density at radius 3 is 2.52 bits per heavy atom. The fraction of sp³-hybridized carbons (Fsp3) is 0.350. The highest BCUT2D eigenvalue weighted by Crippen LogP contribution is 2.43. The minimum atomic E-state index is -0.223. The van der Waals surface area contributed by atoms with Crippen LogP contribution in [0.15, 0.2) is 48.5 Å². The SMILES string of the molecule is O=C1CCC[C@H]1[C@H]1c2ccccc2CCN1c1ccc(F)cc1. The Kier molecular flexibility index (Phi) is 3.64. The van der Waals surface area contributed by atoms with E-state index in [0.29, 0.717) is 12.2 Å². The van der Waals surface area contributed by atoms with Gasteiger partial charge in [-0.15, -0.1) is 0 Å². The quantitative estimate of drug-likeness (QED) is 0.824. The fourth-order valence-corrected chi connectivity index (χ4v) is 4.13. The molecule has 0 unspecified atom stereocenters. The predicted octanol–water partition coefficient (Wildman–Crippen LogP) is 4.30. The molecule has 4 rings (SSSR count). The third-order valence-corrected chi connectivity index (χ3v) is 5.22. The Morgan fingerprint density at radius 1 is 1.00 bits per heavy atom. The second kappa shape index (κ2) is 5.80. The first-order valence-electron chi connectivity index (χ1n) is 8.37. The normalized spacial score (nSPS) is 23.9. The van der Waals surface area contributed by atoms with Crippen LogP contribution in [-0.2, 0) is 11.2 Å². The molecule has 1 aliphatic carbocycles. The lowest BCUT2D eigenvalue weighted by molar-refractivity contribution is -0.121. The number of benzene rings is 2. The van der Waals surface area contributed by atoms with Crippen LogP contribution in [0.2, 0.25) is 0 Å². The molecule has 1 heterocycles. The first-order valence-corrected chi connectivity index (χ1v) is 8.37. The molecule has 23 heavy (non-hydrogen) atoms. The Hall–Kier alpha value is -2.16. The molecule has 1 saturated carbocycles. The number of carbonyl (C=O) groups excluding carboxylic acids is 1. The maximum absolute atomic E-state index is 13.3. The van der Waals surface area contributed by atoms with Gasteiger partial charge < -0.3 is 4.90 Å². The van der Waals surface area contributed by atoms with Gasteiger partial charge in [0, 0.05) is 24.6 Å². The van der Waals surface area contributed by atoms with Crippen LogP contribution < -0.4 is 4.90 Å². The van der Waals surface area contributed by atoms with Crippen LogP contribution in [0.4, 0.5) is 10.1 Å². The van der Waals surface area contributed by atoms with Crippen molar-refractivity contribution in [2.24, 2.45) is 5.92 Å². The molecule has 0 radical (unpaired) electrons. The molecule has 2 atom stereocenters. The number of ketones is 1. The zero-order chi connectivity index (χ0) is 15.8. The number of hydrogen-bond acceptors (Lipinski definition) is 2. The van der Waals surface area contributed by atoms with Gasteiger partial charge in [0.25, 0.3) is 0 Å². The van der Waals surface area contributed by atoms with Crippen LogP contribution in [0.5, 0.6) is 0 Å². The van der Waals surface area contributed by atoms with E-state index in [9.17, 15) is 9.18 Å². The first kappa shape index (κ1) is 14.4. The lowest BCUT2D eigenvalue weighted by atomic mass is 9.83. The molecule has 0 saturated heterocycles. The smallest absolute Gasteiger partial charge is 0.138 e. The molecule has 3 heteroatoms. The Labute approximate surface area is 135 Å². The lowest BCUT2D eigenvalue weighted by Gasteiger charge is -2.41. The van der Waals surface area contributed by atoms with E-state index in [1.807, 2.05) is 12.1 Å². The van der Waals surface area contributed by atoms with Crippen LogP contribution in [0.25, 0.3) is 0 Å². The van der Waals surface area contributed by atoms with Crippen molar-refractivity contribution < 1.29 is 9.18 Å². The molecule has 0 N–H and O–H groups in total. The summed E-state index contributed by atoms with van der Waals surface area (Å²) in [4.78, 5) is 14.7. The summed E-state index contributed by atoms with van der Waals surface area (Å²) in [5.74, 6) is 0.208. The van der Waals surface area contributed by atoms with E-state index >= 15 is 0 Å². The summed E-state index contributed by atoms with van der Waals surface area (Å²) < 4.78 is 13.3. The van der Waals surface area contributed by atoms with Gasteiger partial charge in [-0.05, 0) is 54.7 Å². The summed E-state index contributed by atoms with van der Waals surface area (Å²) in [5, 5.41) is 0. The third kappa shape index (κ3) is 2.54. The van der Waals surface area contributed by atoms with E-state index in [1.54, 1.807) is 0 Å². The van der Waals surface area contributed by atoms with Crippen molar-refractivity contribution in [2.45, 2.75) is 31.7 Å². The van der Waals surface area contributed by atoms with E-state index in [0.717, 1.165) is 31.5 Å². The minimum absolute atomic E-state index is 0.0569. The summed E-state index contributed by atoms with van der Waals surface area (Å²) in [6.07, 6.45) is 3.60. The van der Waals surface area contributed by atoms with Gasteiger partial charge in [-0.2, -0.15) is 0 Å². The van der Waals surface area contributed by atoms with Crippen molar-refractivity contribution >= 4 is 11.5 Å². The van der Waals surface area contributed by atoms with Crippen molar-refractivity contribution in [1.29, 1.82) is 0 Å². The molecule has 0 bridgehead atoms. The number of carbonyl (C=O) groups is 1. The molecule has 0 amide bonds. The van der Waals surface area contributed by atoms with Crippen molar-refractivity contribution in [2.75, 3.05) is 11.4 Å². The highest BCUT2D eigenvalue weighted by atomic mass is 19.1. The monoisotopic (exact) mass is 309 g/mol. The molecular weight excluding hydrogens is 289 g/mol. The summed E-state index contributed by atoms with van der Waals surface area (Å²) in [7, 11) is 0. The molecule has 2 nitrogen and oxygen atoms in total. The van der Waals surface area contributed by atoms with Gasteiger partial charge in [0.2, 0.25) is 0 Å². The number of nitrogens with zero attached hydrogens (tertiary/aromatic N) is 1. The highest BCUT2D eigenvalue weighted by molar-refractivity contribution is 5.84. The zero-order valence-electron chi connectivity index (χ0n) is 13.0. The van der Waals surface area contributed by atoms with Gasteiger partial charge in [0.15, 0.2) is 0 Å². The van der Waals surface area contributed by atoms with Crippen LogP contribution in [-0.4, -0.2) is 12.3 Å². The topological polar surface area (TPSA) is 20.3 Å². The van der Waals surface area contributed by atoms with Gasteiger partial charge >= 0.3 is 0 Å². The fourth-order valence-electron chi connectivity index (χ4n) is 4.13. The van der Waals surface area contributed by atoms with Crippen molar-refractivity contribution in [3.05, 3.63) is 65.5 Å². The van der Waals surface area contributed by atoms with Crippen LogP contribution in [0.1, 0.15) is 36.4 Å². The standard InChI is InChI=1S/C20H20FNO/c21-15-8-10-16(11-9-15)22-13-12-14-4-1-2-5-17(14)20(22)18-6-3-7-19(18)23/h1-2,4-5,8-11,18,20H,3,6-7,12-13H2/t18-,20-/m1/s1. The Balaban J connectivity index is 1.79. The second-order valence-electron chi connectivity index (χ2n) is 6.53. The maximum Gasteiger partial charge on any atom is 0.138 e. The van der Waals surface area contributed by atoms with Gasteiger partial charge in [-0.25, -0.2) is 4.39 Å². The number of rotatable bonds is 2. The number of halogens is 1. The third-order valence-electron chi connectivity index (χ3n) is 5.22. The minimum Gasteiger partial charge on any atom is -0.363 e. The molecule has 2 aliphatic rings. The van der Waals surface area contributed by atoms with Gasteiger partial charge in [0.1, 0.15) is 11.6 Å². The number of hydrogen-bond donors (Lipinski definition) is 0. The van der Waals surface area contributed by atoms with E-state index in [-0.39, 0.29) is 17.8 Å². The number of Topliss-reactive ketones (excluding diaryl/α,β-unsaturated/α-hetero) is 1. The lowest BCUT2D eigenvalue weighted by Crippen LogP contribution is -2.40. The molecule has 1 fully saturated rings. The Morgan fingerprint density at radius 2 is 1.78 bits per heavy atom. The summed E-state index contributed by atoms with van der Waals surface area (Å²) >= 11 is 0. The van der Waals surface area contributed by atoms with E-state index < -0.39 is 0 Å². The van der Waals surface area contributed by atoms with Gasteiger partial charge in [-0.1, -0.05) is 24.3 Å². The van der Waals surface area contributed by atoms with Crippen LogP contribution in [0, 0.1) is 11.7 Å². The second-order valence-corrected chi connectivity index (χ2v) is 6.53. The van der Waals surface area contributed by atoms with Crippen LogP contribution >= 0.6 is 0 Å². The maximum atomic E-state index is 13.3. The summed E-state index contributed by atoms with van der Waals surface area (Å²) in [5.41, 5.74) is 3.62. The van der Waals surface area contributed by atoms with Gasteiger partial charge in [-0.3, -0.25) is 4.79 Å². The van der Waals surface area contributed by atoms with E-state index in [1.165, 1.54) is 23.3 Å². The summed E-state index contributed by atoms with van der Waals surface area (Å²) in [6.45, 7) is 0.872. The van der Waals surface area contributed by atoms with Crippen molar-refractivity contribution in [1.82, 2.24) is 0 Å². The first-order chi connectivity index (χ1) is 11.2. The molecule has 2 aromatic carbocycles. The molecule has 1 aliphatic heterocycles. The van der Waals surface area contributed by atoms with Gasteiger partial charge in [0.05, 0.1) is 6.04 Å². The Bertz CT molecular complexity index is 725. The molecule has 2 aromatic rings. The average molecular weight is 309 g/mol. The largest absolute Gasteiger partial charge is 0.363 e. The van der Waals surface area contributed by atoms with E-state index in [4.69, 9.17) is 0 Å². The van der Waals surface area contributed by atoms with Crippen molar-refractivity contribution in [3.63, 3.8) is 0 Å². The predicted molar refractivity (Wildman–Crippen MR) is 89.0 cm³/mol. The average Bonchev–Trinajstić information content (AvgIpc) is 3.00. The molecule has 0 aromatic heterocycles.